The monoisotopic (exact) mass is 293 g/mol. The second-order valence-electron chi connectivity index (χ2n) is 5.63. The first kappa shape index (κ1) is 14.7. The van der Waals surface area contributed by atoms with Gasteiger partial charge < -0.3 is 0 Å². The first-order chi connectivity index (χ1) is 10.8. The van der Waals surface area contributed by atoms with E-state index in [1.807, 2.05) is 0 Å². The van der Waals surface area contributed by atoms with Crippen LogP contribution in [0.3, 0.4) is 0 Å². The van der Waals surface area contributed by atoms with Crippen LogP contribution in [0.4, 0.5) is 4.39 Å². The van der Waals surface area contributed by atoms with Crippen molar-refractivity contribution in [3.05, 3.63) is 89.3 Å². The van der Waals surface area contributed by atoms with Gasteiger partial charge in [0.25, 0.3) is 0 Å². The Morgan fingerprint density at radius 2 is 1.73 bits per heavy atom. The summed E-state index contributed by atoms with van der Waals surface area (Å²) < 4.78 is 12.9. The van der Waals surface area contributed by atoms with E-state index in [0.717, 1.165) is 31.6 Å². The van der Waals surface area contributed by atoms with Gasteiger partial charge in [-0.3, -0.25) is 4.90 Å². The standard InChI is InChI=1S/C20H20FN/c21-20-10-8-17(9-11-20)6-7-18-12-14-22(15-13-18)16-19-4-2-1-3-5-19/h1-12H,13-16H2/b7-6+. The summed E-state index contributed by atoms with van der Waals surface area (Å²) in [6.45, 7) is 3.07. The van der Waals surface area contributed by atoms with Crippen molar-refractivity contribution < 1.29 is 4.39 Å². The highest BCUT2D eigenvalue weighted by Gasteiger charge is 2.10. The zero-order chi connectivity index (χ0) is 15.2. The Bertz CT molecular complexity index is 656. The second kappa shape index (κ2) is 7.19. The van der Waals surface area contributed by atoms with Crippen molar-refractivity contribution in [2.45, 2.75) is 13.0 Å². The van der Waals surface area contributed by atoms with Crippen LogP contribution >= 0.6 is 0 Å². The third-order valence-electron chi connectivity index (χ3n) is 3.94. The molecule has 2 aromatic rings. The van der Waals surface area contributed by atoms with Gasteiger partial charge in [-0.05, 0) is 35.3 Å². The summed E-state index contributed by atoms with van der Waals surface area (Å²) in [5.74, 6) is -0.189. The number of hydrogen-bond donors (Lipinski definition) is 0. The highest BCUT2D eigenvalue weighted by molar-refractivity contribution is 5.53. The quantitative estimate of drug-likeness (QED) is 0.791. The van der Waals surface area contributed by atoms with Crippen LogP contribution in [0.2, 0.25) is 0 Å². The molecule has 0 unspecified atom stereocenters. The average molecular weight is 293 g/mol. The predicted octanol–water partition coefficient (Wildman–Crippen LogP) is 4.67. The van der Waals surface area contributed by atoms with E-state index in [4.69, 9.17) is 0 Å². The molecule has 2 heteroatoms. The van der Waals surface area contributed by atoms with Crippen molar-refractivity contribution in [2.24, 2.45) is 0 Å². The van der Waals surface area contributed by atoms with E-state index in [2.05, 4.69) is 53.5 Å². The molecule has 22 heavy (non-hydrogen) atoms. The highest BCUT2D eigenvalue weighted by Crippen LogP contribution is 2.16. The number of nitrogens with zero attached hydrogens (tertiary/aromatic N) is 1. The molecule has 0 fully saturated rings. The topological polar surface area (TPSA) is 3.24 Å². The van der Waals surface area contributed by atoms with Gasteiger partial charge in [0, 0.05) is 19.6 Å². The smallest absolute Gasteiger partial charge is 0.123 e. The molecule has 1 nitrogen and oxygen atoms in total. The molecule has 0 spiro atoms. The zero-order valence-corrected chi connectivity index (χ0v) is 12.6. The summed E-state index contributed by atoms with van der Waals surface area (Å²) in [6, 6.07) is 17.2. The Morgan fingerprint density at radius 1 is 0.955 bits per heavy atom. The van der Waals surface area contributed by atoms with Gasteiger partial charge in [0.1, 0.15) is 5.82 Å². The molecule has 0 aliphatic carbocycles. The molecule has 112 valence electrons. The fourth-order valence-corrected chi connectivity index (χ4v) is 2.64. The van der Waals surface area contributed by atoms with Gasteiger partial charge in [0.15, 0.2) is 0 Å². The molecule has 2 aromatic carbocycles. The first-order valence-corrected chi connectivity index (χ1v) is 7.68. The molecule has 0 N–H and O–H groups in total. The van der Waals surface area contributed by atoms with Crippen LogP contribution in [0.1, 0.15) is 17.5 Å². The Morgan fingerprint density at radius 3 is 2.41 bits per heavy atom. The number of halogens is 1. The van der Waals surface area contributed by atoms with Crippen LogP contribution in [-0.4, -0.2) is 18.0 Å². The van der Waals surface area contributed by atoms with Gasteiger partial charge >= 0.3 is 0 Å². The summed E-state index contributed by atoms with van der Waals surface area (Å²) in [4.78, 5) is 2.45. The van der Waals surface area contributed by atoms with Gasteiger partial charge in [-0.25, -0.2) is 4.39 Å². The maximum atomic E-state index is 12.9. The van der Waals surface area contributed by atoms with Gasteiger partial charge in [0.2, 0.25) is 0 Å². The maximum absolute atomic E-state index is 12.9. The normalized spacial score (nSPS) is 16.0. The summed E-state index contributed by atoms with van der Waals surface area (Å²) in [6.07, 6.45) is 7.54. The number of rotatable bonds is 4. The Hall–Kier alpha value is -2.19. The van der Waals surface area contributed by atoms with Crippen LogP contribution in [0.5, 0.6) is 0 Å². The zero-order valence-electron chi connectivity index (χ0n) is 12.6. The molecule has 0 saturated heterocycles. The van der Waals surface area contributed by atoms with Crippen molar-refractivity contribution in [3.63, 3.8) is 0 Å². The number of allylic oxidation sites excluding steroid dienone is 1. The van der Waals surface area contributed by atoms with Gasteiger partial charge in [-0.15, -0.1) is 0 Å². The molecule has 0 radical (unpaired) electrons. The number of hydrogen-bond acceptors (Lipinski definition) is 1. The maximum Gasteiger partial charge on any atom is 0.123 e. The summed E-state index contributed by atoms with van der Waals surface area (Å²) in [5, 5.41) is 0. The molecule has 3 rings (SSSR count). The van der Waals surface area contributed by atoms with Crippen LogP contribution in [-0.2, 0) is 6.54 Å². The molecule has 0 amide bonds. The summed E-state index contributed by atoms with van der Waals surface area (Å²) in [7, 11) is 0. The lowest BCUT2D eigenvalue weighted by Gasteiger charge is -2.25. The van der Waals surface area contributed by atoms with Crippen molar-refractivity contribution in [3.8, 4) is 0 Å². The molecule has 0 bridgehead atoms. The molecule has 0 aromatic heterocycles. The third-order valence-corrected chi connectivity index (χ3v) is 3.94. The van der Waals surface area contributed by atoms with E-state index >= 15 is 0 Å². The molecule has 0 saturated carbocycles. The van der Waals surface area contributed by atoms with E-state index in [0.29, 0.717) is 0 Å². The van der Waals surface area contributed by atoms with E-state index < -0.39 is 0 Å². The van der Waals surface area contributed by atoms with E-state index in [9.17, 15) is 4.39 Å². The van der Waals surface area contributed by atoms with Crippen molar-refractivity contribution in [1.29, 1.82) is 0 Å². The first-order valence-electron chi connectivity index (χ1n) is 7.68. The van der Waals surface area contributed by atoms with Crippen molar-refractivity contribution >= 4 is 6.08 Å². The second-order valence-corrected chi connectivity index (χ2v) is 5.63. The molecule has 1 aliphatic rings. The van der Waals surface area contributed by atoms with E-state index in [1.165, 1.54) is 23.3 Å². The van der Waals surface area contributed by atoms with Crippen LogP contribution < -0.4 is 0 Å². The molecule has 1 heterocycles. The lowest BCUT2D eigenvalue weighted by molar-refractivity contribution is 0.287. The third kappa shape index (κ3) is 4.15. The Balaban J connectivity index is 1.56. The Kier molecular flexibility index (Phi) is 4.81. The van der Waals surface area contributed by atoms with E-state index in [1.54, 1.807) is 12.1 Å². The fraction of sp³-hybridized carbons (Fsp3) is 0.200. The minimum Gasteiger partial charge on any atom is -0.295 e. The van der Waals surface area contributed by atoms with Crippen molar-refractivity contribution in [2.75, 3.05) is 13.1 Å². The lowest BCUT2D eigenvalue weighted by atomic mass is 10.1. The highest BCUT2D eigenvalue weighted by atomic mass is 19.1. The van der Waals surface area contributed by atoms with Crippen LogP contribution in [0.15, 0.2) is 72.3 Å². The van der Waals surface area contributed by atoms with Crippen LogP contribution in [0, 0.1) is 5.82 Å². The predicted molar refractivity (Wildman–Crippen MR) is 89.9 cm³/mol. The minimum atomic E-state index is -0.189. The average Bonchev–Trinajstić information content (AvgIpc) is 2.57. The largest absolute Gasteiger partial charge is 0.295 e. The molecule has 0 atom stereocenters. The lowest BCUT2D eigenvalue weighted by Crippen LogP contribution is -2.27. The number of benzene rings is 2. The van der Waals surface area contributed by atoms with Gasteiger partial charge in [-0.2, -0.15) is 0 Å². The fourth-order valence-electron chi connectivity index (χ4n) is 2.64. The van der Waals surface area contributed by atoms with E-state index in [-0.39, 0.29) is 5.82 Å². The van der Waals surface area contributed by atoms with Crippen LogP contribution in [0.25, 0.3) is 6.08 Å². The molecular weight excluding hydrogens is 273 g/mol. The Labute approximate surface area is 131 Å². The SMILES string of the molecule is Fc1ccc(/C=C/C2=CCN(Cc3ccccc3)CC2)cc1. The van der Waals surface area contributed by atoms with Gasteiger partial charge in [-0.1, -0.05) is 60.7 Å². The van der Waals surface area contributed by atoms with Gasteiger partial charge in [0.05, 0.1) is 0 Å². The minimum absolute atomic E-state index is 0.189. The summed E-state index contributed by atoms with van der Waals surface area (Å²) in [5.41, 5.74) is 3.75. The molecular formula is C20H20FN. The summed E-state index contributed by atoms with van der Waals surface area (Å²) >= 11 is 0. The molecule has 1 aliphatic heterocycles. The van der Waals surface area contributed by atoms with Crippen molar-refractivity contribution in [1.82, 2.24) is 4.90 Å².